The van der Waals surface area contributed by atoms with Gasteiger partial charge in [0.1, 0.15) is 0 Å². The van der Waals surface area contributed by atoms with Crippen molar-refractivity contribution in [1.82, 2.24) is 10.2 Å². The number of nitrogens with one attached hydrogen (secondary N) is 1. The van der Waals surface area contributed by atoms with Crippen LogP contribution in [0.3, 0.4) is 0 Å². The minimum Gasteiger partial charge on any atom is -0.493 e. The molecule has 2 aromatic rings. The number of nitrogens with zero attached hydrogens (tertiary/aromatic N) is 1. The summed E-state index contributed by atoms with van der Waals surface area (Å²) in [5, 5.41) is 3.00. The Kier molecular flexibility index (Phi) is 8.99. The number of carbonyl (C=O) groups is 1. The molecule has 6 nitrogen and oxygen atoms in total. The van der Waals surface area contributed by atoms with Crippen molar-refractivity contribution in [2.45, 2.75) is 32.7 Å². The summed E-state index contributed by atoms with van der Waals surface area (Å²) in [5.74, 6) is 2.31. The molecule has 0 spiro atoms. The van der Waals surface area contributed by atoms with Gasteiger partial charge in [-0.3, -0.25) is 9.69 Å². The average Bonchev–Trinajstić information content (AvgIpc) is 2.73. The van der Waals surface area contributed by atoms with Crippen molar-refractivity contribution in [2.24, 2.45) is 0 Å². The maximum Gasteiger partial charge on any atom is 0.234 e. The van der Waals surface area contributed by atoms with Crippen LogP contribution in [0.2, 0.25) is 0 Å². The zero-order valence-electron chi connectivity index (χ0n) is 19.0. The molecule has 0 aromatic heterocycles. The predicted octanol–water partition coefficient (Wildman–Crippen LogP) is 3.63. The molecule has 2 aromatic carbocycles. The van der Waals surface area contributed by atoms with Gasteiger partial charge in [-0.15, -0.1) is 0 Å². The molecule has 2 rings (SSSR count). The molecule has 0 aliphatic carbocycles. The number of carbonyl (C=O) groups excluding carboxylic acids is 1. The Morgan fingerprint density at radius 3 is 2.20 bits per heavy atom. The maximum absolute atomic E-state index is 12.3. The molecule has 0 aliphatic heterocycles. The summed E-state index contributed by atoms with van der Waals surface area (Å²) in [6, 6.07) is 12.4. The third-order valence-corrected chi connectivity index (χ3v) is 5.02. The van der Waals surface area contributed by atoms with Crippen molar-refractivity contribution in [3.8, 4) is 17.2 Å². The highest BCUT2D eigenvalue weighted by atomic mass is 16.5. The molecule has 1 amide bonds. The zero-order chi connectivity index (χ0) is 22.1. The van der Waals surface area contributed by atoms with E-state index in [9.17, 15) is 4.79 Å². The van der Waals surface area contributed by atoms with E-state index < -0.39 is 0 Å². The zero-order valence-corrected chi connectivity index (χ0v) is 19.0. The first-order valence-electron chi connectivity index (χ1n) is 10.2. The molecule has 0 saturated heterocycles. The van der Waals surface area contributed by atoms with Crippen LogP contribution in [0.5, 0.6) is 17.2 Å². The summed E-state index contributed by atoms with van der Waals surface area (Å²) in [7, 11) is 6.67. The van der Waals surface area contributed by atoms with Crippen molar-refractivity contribution in [3.05, 3.63) is 53.1 Å². The molecule has 0 fully saturated rings. The fourth-order valence-corrected chi connectivity index (χ4v) is 3.35. The van der Waals surface area contributed by atoms with Crippen LogP contribution in [0.1, 0.15) is 36.5 Å². The Morgan fingerprint density at radius 1 is 0.967 bits per heavy atom. The van der Waals surface area contributed by atoms with E-state index in [1.54, 1.807) is 21.3 Å². The number of ether oxygens (including phenoxy) is 3. The van der Waals surface area contributed by atoms with Crippen molar-refractivity contribution >= 4 is 5.91 Å². The highest BCUT2D eigenvalue weighted by Crippen LogP contribution is 2.40. The second-order valence-electron chi connectivity index (χ2n) is 7.66. The molecule has 164 valence electrons. The van der Waals surface area contributed by atoms with Gasteiger partial charge >= 0.3 is 0 Å². The first kappa shape index (κ1) is 23.5. The second-order valence-corrected chi connectivity index (χ2v) is 7.66. The lowest BCUT2D eigenvalue weighted by molar-refractivity contribution is -0.122. The lowest BCUT2D eigenvalue weighted by Gasteiger charge is -2.20. The number of likely N-dealkylation sites (N-methyl/N-ethyl adjacent to an activating group) is 1. The van der Waals surface area contributed by atoms with Crippen LogP contribution in [0.15, 0.2) is 36.4 Å². The molecular weight excluding hydrogens is 380 g/mol. The summed E-state index contributed by atoms with van der Waals surface area (Å²) in [6.45, 7) is 5.83. The van der Waals surface area contributed by atoms with Gasteiger partial charge in [0, 0.05) is 18.7 Å². The first-order valence-corrected chi connectivity index (χ1v) is 10.2. The van der Waals surface area contributed by atoms with E-state index in [4.69, 9.17) is 14.2 Å². The predicted molar refractivity (Wildman–Crippen MR) is 120 cm³/mol. The van der Waals surface area contributed by atoms with Gasteiger partial charge in [0.05, 0.1) is 27.9 Å². The van der Waals surface area contributed by atoms with Crippen LogP contribution in [-0.2, 0) is 17.8 Å². The fourth-order valence-electron chi connectivity index (χ4n) is 3.35. The number of rotatable bonds is 11. The molecule has 0 atom stereocenters. The Balaban J connectivity index is 1.86. The number of methoxy groups -OCH3 is 3. The highest BCUT2D eigenvalue weighted by molar-refractivity contribution is 5.78. The lowest BCUT2D eigenvalue weighted by Crippen LogP contribution is -2.35. The van der Waals surface area contributed by atoms with Gasteiger partial charge in [-0.25, -0.2) is 0 Å². The molecule has 0 unspecified atom stereocenters. The minimum absolute atomic E-state index is 0.00394. The number of hydrogen-bond donors (Lipinski definition) is 1. The van der Waals surface area contributed by atoms with Gasteiger partial charge < -0.3 is 19.5 Å². The van der Waals surface area contributed by atoms with Crippen molar-refractivity contribution in [2.75, 3.05) is 41.5 Å². The van der Waals surface area contributed by atoms with E-state index >= 15 is 0 Å². The van der Waals surface area contributed by atoms with E-state index in [0.29, 0.717) is 42.8 Å². The summed E-state index contributed by atoms with van der Waals surface area (Å²) in [4.78, 5) is 14.3. The molecule has 30 heavy (non-hydrogen) atoms. The van der Waals surface area contributed by atoms with Crippen molar-refractivity contribution < 1.29 is 19.0 Å². The third kappa shape index (κ3) is 6.39. The van der Waals surface area contributed by atoms with Crippen LogP contribution in [0.25, 0.3) is 0 Å². The Bertz CT molecular complexity index is 819. The van der Waals surface area contributed by atoms with Gasteiger partial charge in [-0.05, 0) is 36.6 Å². The highest BCUT2D eigenvalue weighted by Gasteiger charge is 2.17. The van der Waals surface area contributed by atoms with Crippen LogP contribution in [0.4, 0.5) is 0 Å². The summed E-state index contributed by atoms with van der Waals surface area (Å²) >= 11 is 0. The first-order chi connectivity index (χ1) is 14.4. The minimum atomic E-state index is -0.00394. The Morgan fingerprint density at radius 2 is 1.63 bits per heavy atom. The molecule has 0 aliphatic rings. The van der Waals surface area contributed by atoms with Crippen molar-refractivity contribution in [3.63, 3.8) is 0 Å². The largest absolute Gasteiger partial charge is 0.493 e. The normalized spacial score (nSPS) is 10.9. The van der Waals surface area contributed by atoms with Gasteiger partial charge in [0.15, 0.2) is 11.5 Å². The van der Waals surface area contributed by atoms with E-state index in [-0.39, 0.29) is 5.91 Å². The van der Waals surface area contributed by atoms with Crippen LogP contribution in [-0.4, -0.2) is 52.3 Å². The topological polar surface area (TPSA) is 60.0 Å². The van der Waals surface area contributed by atoms with Crippen LogP contribution < -0.4 is 19.5 Å². The Labute approximate surface area is 180 Å². The number of hydrogen-bond acceptors (Lipinski definition) is 5. The Hall–Kier alpha value is -2.73. The molecule has 6 heteroatoms. The summed E-state index contributed by atoms with van der Waals surface area (Å²) in [6.07, 6.45) is 0.817. The lowest BCUT2D eigenvalue weighted by atomic mass is 10.0. The molecule has 0 bridgehead atoms. The average molecular weight is 415 g/mol. The van der Waals surface area contributed by atoms with Gasteiger partial charge in [0.25, 0.3) is 0 Å². The van der Waals surface area contributed by atoms with E-state index in [1.807, 2.05) is 24.1 Å². The molecule has 0 heterocycles. The van der Waals surface area contributed by atoms with E-state index in [2.05, 4.69) is 43.4 Å². The van der Waals surface area contributed by atoms with E-state index in [0.717, 1.165) is 12.0 Å². The standard InChI is InChI=1S/C24H34N2O4/c1-17(2)19-9-7-18(8-10-19)13-14-25-22(27)16-26(3)15-20-11-12-21(28-4)24(30-6)23(20)29-5/h7-12,17H,13-16H2,1-6H3,(H,25,27). The molecule has 0 saturated carbocycles. The second kappa shape index (κ2) is 11.5. The van der Waals surface area contributed by atoms with Crippen LogP contribution >= 0.6 is 0 Å². The SMILES string of the molecule is COc1ccc(CN(C)CC(=O)NCCc2ccc(C(C)C)cc2)c(OC)c1OC. The smallest absolute Gasteiger partial charge is 0.234 e. The quantitative estimate of drug-likeness (QED) is 0.609. The summed E-state index contributed by atoms with van der Waals surface area (Å²) in [5.41, 5.74) is 3.48. The molecule has 0 radical (unpaired) electrons. The number of amides is 1. The van der Waals surface area contributed by atoms with E-state index in [1.165, 1.54) is 11.1 Å². The number of benzene rings is 2. The third-order valence-electron chi connectivity index (χ3n) is 5.02. The monoisotopic (exact) mass is 414 g/mol. The van der Waals surface area contributed by atoms with Crippen LogP contribution in [0, 0.1) is 0 Å². The molecular formula is C24H34N2O4. The molecule has 1 N–H and O–H groups in total. The van der Waals surface area contributed by atoms with Gasteiger partial charge in [0.2, 0.25) is 11.7 Å². The summed E-state index contributed by atoms with van der Waals surface area (Å²) < 4.78 is 16.3. The maximum atomic E-state index is 12.3. The van der Waals surface area contributed by atoms with Crippen molar-refractivity contribution in [1.29, 1.82) is 0 Å². The fraction of sp³-hybridized carbons (Fsp3) is 0.458. The van der Waals surface area contributed by atoms with Gasteiger partial charge in [-0.2, -0.15) is 0 Å². The van der Waals surface area contributed by atoms with Gasteiger partial charge in [-0.1, -0.05) is 44.2 Å².